The lowest BCUT2D eigenvalue weighted by atomic mass is 10.0. The summed E-state index contributed by atoms with van der Waals surface area (Å²) >= 11 is 0. The predicted molar refractivity (Wildman–Crippen MR) is 89.1 cm³/mol. The average molecular weight is 338 g/mol. The molecule has 0 aliphatic carbocycles. The summed E-state index contributed by atoms with van der Waals surface area (Å²) < 4.78 is 5.29. The van der Waals surface area contributed by atoms with Gasteiger partial charge in [0.2, 0.25) is 0 Å². The van der Waals surface area contributed by atoms with E-state index in [0.717, 1.165) is 0 Å². The quantitative estimate of drug-likeness (QED) is 0.871. The van der Waals surface area contributed by atoms with Crippen molar-refractivity contribution in [1.29, 1.82) is 0 Å². The third kappa shape index (κ3) is 2.50. The molecule has 126 valence electrons. The average Bonchev–Trinajstić information content (AvgIpc) is 3.00. The van der Waals surface area contributed by atoms with Gasteiger partial charge < -0.3 is 20.1 Å². The first-order valence-electron chi connectivity index (χ1n) is 7.75. The first kappa shape index (κ1) is 15.2. The van der Waals surface area contributed by atoms with Gasteiger partial charge in [-0.2, -0.15) is 0 Å². The van der Waals surface area contributed by atoms with Crippen molar-refractivity contribution in [2.45, 2.75) is 5.92 Å². The van der Waals surface area contributed by atoms with Gasteiger partial charge in [-0.3, -0.25) is 14.4 Å². The van der Waals surface area contributed by atoms with E-state index in [4.69, 9.17) is 4.74 Å². The van der Waals surface area contributed by atoms with Gasteiger partial charge in [0.25, 0.3) is 11.8 Å². The Bertz CT molecular complexity index is 908. The Labute approximate surface area is 142 Å². The molecule has 25 heavy (non-hydrogen) atoms. The number of hydrogen-bond acceptors (Lipinski definition) is 4. The second kappa shape index (κ2) is 5.62. The summed E-state index contributed by atoms with van der Waals surface area (Å²) in [6.07, 6.45) is 0. The fraction of sp³-hybridized carbons (Fsp3) is 0.167. The molecule has 2 aromatic carbocycles. The number of benzene rings is 2. The summed E-state index contributed by atoms with van der Waals surface area (Å²) in [5.41, 5.74) is 2.01. The number of fused-ring (bicyclic) bond motifs is 2. The number of anilines is 2. The van der Waals surface area contributed by atoms with Gasteiger partial charge in [-0.1, -0.05) is 18.2 Å². The molecule has 0 aromatic heterocycles. The molecule has 0 radical (unpaired) electrons. The number of carboxylic acid groups (broad SMARTS) is 1. The molecule has 1 atom stereocenters. The Morgan fingerprint density at radius 3 is 2.80 bits per heavy atom. The second-order valence-electron chi connectivity index (χ2n) is 5.91. The zero-order valence-electron chi connectivity index (χ0n) is 13.1. The number of aliphatic carboxylic acids is 1. The van der Waals surface area contributed by atoms with E-state index in [2.05, 4.69) is 5.32 Å². The lowest BCUT2D eigenvalue weighted by molar-refractivity contribution is -0.138. The first-order chi connectivity index (χ1) is 12.0. The smallest absolute Gasteiger partial charge is 0.312 e. The van der Waals surface area contributed by atoms with Crippen LogP contribution in [-0.2, 0) is 9.59 Å². The lowest BCUT2D eigenvalue weighted by Crippen LogP contribution is -2.31. The molecular formula is C18H14N2O5. The van der Waals surface area contributed by atoms with Crippen molar-refractivity contribution in [3.05, 3.63) is 53.6 Å². The van der Waals surface area contributed by atoms with Crippen LogP contribution in [0.2, 0.25) is 0 Å². The van der Waals surface area contributed by atoms with Crippen LogP contribution in [-0.4, -0.2) is 36.0 Å². The molecule has 0 fully saturated rings. The van der Waals surface area contributed by atoms with Gasteiger partial charge in [-0.05, 0) is 29.8 Å². The van der Waals surface area contributed by atoms with Crippen LogP contribution in [0.1, 0.15) is 21.8 Å². The topological polar surface area (TPSA) is 95.9 Å². The van der Waals surface area contributed by atoms with Gasteiger partial charge in [0, 0.05) is 17.8 Å². The van der Waals surface area contributed by atoms with Gasteiger partial charge in [0.05, 0.1) is 5.69 Å². The summed E-state index contributed by atoms with van der Waals surface area (Å²) in [5, 5.41) is 12.1. The predicted octanol–water partition coefficient (Wildman–Crippen LogP) is 1.85. The molecule has 2 amide bonds. The molecule has 0 bridgehead atoms. The molecule has 0 saturated carbocycles. The van der Waals surface area contributed by atoms with Crippen LogP contribution in [0.4, 0.5) is 11.4 Å². The summed E-state index contributed by atoms with van der Waals surface area (Å²) in [5.74, 6) is -1.82. The summed E-state index contributed by atoms with van der Waals surface area (Å²) in [7, 11) is 0. The number of nitrogens with zero attached hydrogens (tertiary/aromatic N) is 1. The van der Waals surface area contributed by atoms with Crippen molar-refractivity contribution in [2.75, 3.05) is 23.4 Å². The minimum Gasteiger partial charge on any atom is -0.482 e. The van der Waals surface area contributed by atoms with Crippen LogP contribution in [0.3, 0.4) is 0 Å². The van der Waals surface area contributed by atoms with Crippen LogP contribution in [0.5, 0.6) is 5.75 Å². The lowest BCUT2D eigenvalue weighted by Gasteiger charge is -2.21. The highest BCUT2D eigenvalue weighted by atomic mass is 16.5. The van der Waals surface area contributed by atoms with Gasteiger partial charge in [-0.25, -0.2) is 0 Å². The van der Waals surface area contributed by atoms with Crippen LogP contribution in [0, 0.1) is 0 Å². The molecule has 2 aliphatic rings. The first-order valence-corrected chi connectivity index (χ1v) is 7.75. The fourth-order valence-corrected chi connectivity index (χ4v) is 3.18. The molecule has 7 nitrogen and oxygen atoms in total. The number of carbonyl (C=O) groups excluding carboxylic acids is 2. The zero-order chi connectivity index (χ0) is 17.6. The molecule has 0 saturated heterocycles. The maximum Gasteiger partial charge on any atom is 0.312 e. The molecule has 2 N–H and O–H groups in total. The minimum atomic E-state index is -0.964. The van der Waals surface area contributed by atoms with Crippen molar-refractivity contribution in [3.63, 3.8) is 0 Å². The van der Waals surface area contributed by atoms with Crippen molar-refractivity contribution in [2.24, 2.45) is 0 Å². The van der Waals surface area contributed by atoms with Gasteiger partial charge in [-0.15, -0.1) is 0 Å². The van der Waals surface area contributed by atoms with E-state index >= 15 is 0 Å². The Hall–Kier alpha value is -3.35. The van der Waals surface area contributed by atoms with Gasteiger partial charge in [0.15, 0.2) is 6.61 Å². The maximum absolute atomic E-state index is 12.9. The van der Waals surface area contributed by atoms with E-state index in [1.165, 1.54) is 4.90 Å². The third-order valence-electron chi connectivity index (χ3n) is 4.37. The summed E-state index contributed by atoms with van der Waals surface area (Å²) in [4.78, 5) is 37.3. The summed E-state index contributed by atoms with van der Waals surface area (Å²) in [6, 6.07) is 11.8. The van der Waals surface area contributed by atoms with Crippen molar-refractivity contribution in [1.82, 2.24) is 0 Å². The molecule has 7 heteroatoms. The number of carbonyl (C=O) groups is 3. The second-order valence-corrected chi connectivity index (χ2v) is 5.91. The minimum absolute atomic E-state index is 0.0555. The molecule has 4 rings (SSSR count). The summed E-state index contributed by atoms with van der Waals surface area (Å²) in [6.45, 7) is 0.0214. The van der Waals surface area contributed by atoms with Crippen LogP contribution >= 0.6 is 0 Å². The Balaban J connectivity index is 1.69. The van der Waals surface area contributed by atoms with Crippen LogP contribution in [0.15, 0.2) is 42.5 Å². The highest BCUT2D eigenvalue weighted by molar-refractivity contribution is 6.10. The Morgan fingerprint density at radius 2 is 2.00 bits per heavy atom. The number of rotatable bonds is 2. The van der Waals surface area contributed by atoms with E-state index in [0.29, 0.717) is 28.3 Å². The Kier molecular flexibility index (Phi) is 3.42. The highest BCUT2D eigenvalue weighted by Crippen LogP contribution is 2.38. The molecule has 2 heterocycles. The van der Waals surface area contributed by atoms with E-state index in [1.807, 2.05) is 0 Å². The van der Waals surface area contributed by atoms with E-state index in [9.17, 15) is 19.5 Å². The fourth-order valence-electron chi connectivity index (χ4n) is 3.18. The number of carboxylic acids is 1. The van der Waals surface area contributed by atoms with Crippen molar-refractivity contribution in [3.8, 4) is 5.75 Å². The number of para-hydroxylation sites is 1. The number of amides is 2. The molecule has 2 aromatic rings. The largest absolute Gasteiger partial charge is 0.482 e. The number of hydrogen-bond donors (Lipinski definition) is 2. The van der Waals surface area contributed by atoms with Gasteiger partial charge in [0.1, 0.15) is 11.7 Å². The van der Waals surface area contributed by atoms with Crippen LogP contribution in [0.25, 0.3) is 0 Å². The number of nitrogens with one attached hydrogen (secondary N) is 1. The maximum atomic E-state index is 12.9. The Morgan fingerprint density at radius 1 is 1.20 bits per heavy atom. The molecule has 0 unspecified atom stereocenters. The van der Waals surface area contributed by atoms with Gasteiger partial charge >= 0.3 is 5.97 Å². The zero-order valence-corrected chi connectivity index (χ0v) is 13.1. The van der Waals surface area contributed by atoms with Crippen molar-refractivity contribution >= 4 is 29.2 Å². The normalized spacial score (nSPS) is 18.0. The SMILES string of the molecule is O=C1COc2ccc(C(=O)N3C[C@@H](C(=O)O)c4ccccc43)cc2N1. The van der Waals surface area contributed by atoms with Crippen LogP contribution < -0.4 is 15.0 Å². The highest BCUT2D eigenvalue weighted by Gasteiger charge is 2.36. The number of ether oxygens (including phenoxy) is 1. The van der Waals surface area contributed by atoms with E-state index in [-0.39, 0.29) is 25.0 Å². The standard InChI is InChI=1S/C18H14N2O5/c21-16-9-25-15-6-5-10(7-13(15)19-16)17(22)20-8-12(18(23)24)11-3-1-2-4-14(11)20/h1-7,12H,8-9H2,(H,19,21)(H,23,24)/t12-/m1/s1. The molecule has 2 aliphatic heterocycles. The van der Waals surface area contributed by atoms with E-state index in [1.54, 1.807) is 42.5 Å². The molecule has 0 spiro atoms. The monoisotopic (exact) mass is 338 g/mol. The van der Waals surface area contributed by atoms with Crippen molar-refractivity contribution < 1.29 is 24.2 Å². The molecular weight excluding hydrogens is 324 g/mol. The van der Waals surface area contributed by atoms with E-state index < -0.39 is 11.9 Å². The third-order valence-corrected chi connectivity index (χ3v) is 4.37.